The van der Waals surface area contributed by atoms with Gasteiger partial charge in [-0.1, -0.05) is 71.1 Å². The van der Waals surface area contributed by atoms with E-state index in [1.54, 1.807) is 4.90 Å². The van der Waals surface area contributed by atoms with Crippen LogP contribution >= 0.6 is 0 Å². The molecule has 1 aromatic rings. The summed E-state index contributed by atoms with van der Waals surface area (Å²) >= 11 is 0. The van der Waals surface area contributed by atoms with E-state index in [1.165, 1.54) is 6.42 Å². The summed E-state index contributed by atoms with van der Waals surface area (Å²) in [7, 11) is -1.88. The Hall–Kier alpha value is -1.88. The SMILES string of the molecule is Cc1ccccc1[C@H]1CC(=O)C([Si](C)(C)C)=CN1C(=O)O[C@@H]1C[C@H](C)CC[C@H]1C(C)C. The molecule has 1 saturated carbocycles. The molecule has 0 bridgehead atoms. The summed E-state index contributed by atoms with van der Waals surface area (Å²) in [5.74, 6) is 1.61. The van der Waals surface area contributed by atoms with Gasteiger partial charge in [0.2, 0.25) is 0 Å². The van der Waals surface area contributed by atoms with Crippen molar-refractivity contribution in [2.45, 2.75) is 85.2 Å². The second kappa shape index (κ2) is 9.31. The highest BCUT2D eigenvalue weighted by atomic mass is 28.3. The molecule has 1 heterocycles. The molecule has 0 radical (unpaired) electrons. The van der Waals surface area contributed by atoms with Crippen molar-refractivity contribution in [2.75, 3.05) is 0 Å². The number of rotatable bonds is 4. The number of allylic oxidation sites excluding steroid dienone is 1. The first-order valence-corrected chi connectivity index (χ1v) is 15.3. The van der Waals surface area contributed by atoms with Crippen LogP contribution in [-0.2, 0) is 9.53 Å². The number of amides is 1. The minimum atomic E-state index is -1.88. The van der Waals surface area contributed by atoms with Crippen LogP contribution in [0.3, 0.4) is 0 Å². The molecule has 5 heteroatoms. The number of nitrogens with zero attached hydrogens (tertiary/aromatic N) is 1. The summed E-state index contributed by atoms with van der Waals surface area (Å²) in [5, 5.41) is 0.826. The van der Waals surface area contributed by atoms with Crippen molar-refractivity contribution >= 4 is 20.0 Å². The summed E-state index contributed by atoms with van der Waals surface area (Å²) in [6.07, 6.45) is 5.00. The summed E-state index contributed by atoms with van der Waals surface area (Å²) in [5.41, 5.74) is 2.12. The van der Waals surface area contributed by atoms with Crippen molar-refractivity contribution in [1.29, 1.82) is 0 Å². The molecule has 4 atom stereocenters. The van der Waals surface area contributed by atoms with E-state index in [4.69, 9.17) is 4.74 Å². The Kier molecular flexibility index (Phi) is 7.14. The smallest absolute Gasteiger partial charge is 0.414 e. The number of Topliss-reactive ketones (excluding diaryl/α,β-unsaturated/α-hetero) is 1. The van der Waals surface area contributed by atoms with Crippen LogP contribution in [0.1, 0.15) is 63.6 Å². The standard InChI is InChI=1S/C26H39NO3Si/c1-17(2)20-13-12-18(3)14-24(20)30-26(29)27-16-25(31(5,6)7)23(28)15-22(27)21-11-9-8-10-19(21)4/h8-11,16-18,20,22,24H,12-15H2,1-7H3/t18-,20+,22-,24-/m1/s1. The number of ketones is 1. The lowest BCUT2D eigenvalue weighted by molar-refractivity contribution is -0.116. The molecule has 2 aliphatic rings. The fraction of sp³-hybridized carbons (Fsp3) is 0.615. The number of aryl methyl sites for hydroxylation is 1. The quantitative estimate of drug-likeness (QED) is 0.490. The Morgan fingerprint density at radius 3 is 2.45 bits per heavy atom. The van der Waals surface area contributed by atoms with E-state index in [2.05, 4.69) is 40.4 Å². The zero-order valence-electron chi connectivity index (χ0n) is 20.3. The summed E-state index contributed by atoms with van der Waals surface area (Å²) < 4.78 is 6.21. The van der Waals surface area contributed by atoms with Crippen LogP contribution in [-0.4, -0.2) is 31.0 Å². The molecule has 1 amide bonds. The van der Waals surface area contributed by atoms with E-state index in [1.807, 2.05) is 37.4 Å². The lowest BCUT2D eigenvalue weighted by Gasteiger charge is -2.40. The largest absolute Gasteiger partial charge is 0.446 e. The third-order valence-electron chi connectivity index (χ3n) is 7.06. The van der Waals surface area contributed by atoms with Gasteiger partial charge < -0.3 is 4.74 Å². The fourth-order valence-corrected chi connectivity index (χ4v) is 6.60. The Morgan fingerprint density at radius 1 is 1.16 bits per heavy atom. The van der Waals surface area contributed by atoms with Crippen molar-refractivity contribution in [3.63, 3.8) is 0 Å². The Bertz CT molecular complexity index is 854. The van der Waals surface area contributed by atoms with Gasteiger partial charge in [-0.3, -0.25) is 9.69 Å². The van der Waals surface area contributed by atoms with Gasteiger partial charge in [0.1, 0.15) is 6.10 Å². The first-order valence-electron chi connectivity index (χ1n) is 11.8. The third kappa shape index (κ3) is 5.31. The van der Waals surface area contributed by atoms with Crippen molar-refractivity contribution in [3.05, 3.63) is 46.8 Å². The molecule has 0 spiro atoms. The first-order chi connectivity index (χ1) is 14.5. The molecule has 0 N–H and O–H groups in total. The Balaban J connectivity index is 1.95. The van der Waals surface area contributed by atoms with E-state index in [9.17, 15) is 9.59 Å². The lowest BCUT2D eigenvalue weighted by atomic mass is 9.75. The van der Waals surface area contributed by atoms with E-state index in [0.717, 1.165) is 29.2 Å². The van der Waals surface area contributed by atoms with E-state index in [-0.39, 0.29) is 24.0 Å². The molecule has 1 aromatic carbocycles. The van der Waals surface area contributed by atoms with Crippen molar-refractivity contribution in [1.82, 2.24) is 4.90 Å². The maximum Gasteiger partial charge on any atom is 0.414 e. The zero-order valence-corrected chi connectivity index (χ0v) is 21.3. The number of hydrogen-bond donors (Lipinski definition) is 0. The van der Waals surface area contributed by atoms with Gasteiger partial charge in [0.25, 0.3) is 0 Å². The number of ether oxygens (including phenoxy) is 1. The average molecular weight is 442 g/mol. The van der Waals surface area contributed by atoms with Crippen molar-refractivity contribution in [2.24, 2.45) is 17.8 Å². The van der Waals surface area contributed by atoms with Gasteiger partial charge in [-0.05, 0) is 53.8 Å². The summed E-state index contributed by atoms with van der Waals surface area (Å²) in [6.45, 7) is 15.2. The van der Waals surface area contributed by atoms with E-state index in [0.29, 0.717) is 24.2 Å². The predicted octanol–water partition coefficient (Wildman–Crippen LogP) is 6.67. The fourth-order valence-electron chi connectivity index (χ4n) is 5.14. The topological polar surface area (TPSA) is 46.6 Å². The highest BCUT2D eigenvalue weighted by molar-refractivity contribution is 6.87. The van der Waals surface area contributed by atoms with Crippen LogP contribution in [0, 0.1) is 24.7 Å². The minimum Gasteiger partial charge on any atom is -0.446 e. The molecular formula is C26H39NO3Si. The van der Waals surface area contributed by atoms with Gasteiger partial charge in [0.15, 0.2) is 5.78 Å². The highest BCUT2D eigenvalue weighted by Crippen LogP contribution is 2.39. The van der Waals surface area contributed by atoms with Crippen LogP contribution < -0.4 is 0 Å². The predicted molar refractivity (Wildman–Crippen MR) is 128 cm³/mol. The van der Waals surface area contributed by atoms with E-state index < -0.39 is 8.07 Å². The second-order valence-electron chi connectivity index (χ2n) is 10.9. The monoisotopic (exact) mass is 441 g/mol. The molecule has 1 aliphatic heterocycles. The minimum absolute atomic E-state index is 0.0601. The summed E-state index contributed by atoms with van der Waals surface area (Å²) in [4.78, 5) is 28.4. The molecule has 0 aromatic heterocycles. The maximum atomic E-state index is 13.6. The molecule has 1 fully saturated rings. The van der Waals surface area contributed by atoms with Gasteiger partial charge in [-0.25, -0.2) is 4.79 Å². The number of benzene rings is 1. The van der Waals surface area contributed by atoms with Crippen LogP contribution in [0.5, 0.6) is 0 Å². The first kappa shape index (κ1) is 23.8. The van der Waals surface area contributed by atoms with Gasteiger partial charge in [0, 0.05) is 12.6 Å². The number of carbonyl (C=O) groups is 2. The summed E-state index contributed by atoms with van der Waals surface area (Å²) in [6, 6.07) is 7.73. The Morgan fingerprint density at radius 2 is 1.84 bits per heavy atom. The van der Waals surface area contributed by atoms with Crippen molar-refractivity contribution < 1.29 is 14.3 Å². The molecule has 0 unspecified atom stereocenters. The average Bonchev–Trinajstić information content (AvgIpc) is 2.67. The second-order valence-corrected chi connectivity index (χ2v) is 16.0. The van der Waals surface area contributed by atoms with E-state index >= 15 is 0 Å². The lowest BCUT2D eigenvalue weighted by Crippen LogP contribution is -2.44. The Labute approximate surface area is 189 Å². The molecule has 1 aliphatic carbocycles. The van der Waals surface area contributed by atoms with Crippen LogP contribution in [0.2, 0.25) is 19.6 Å². The van der Waals surface area contributed by atoms with Crippen molar-refractivity contribution in [3.8, 4) is 0 Å². The molecule has 4 nitrogen and oxygen atoms in total. The van der Waals surface area contributed by atoms with Crippen LogP contribution in [0.25, 0.3) is 0 Å². The number of carbonyl (C=O) groups excluding carboxylic acids is 2. The highest BCUT2D eigenvalue weighted by Gasteiger charge is 2.40. The number of hydrogen-bond acceptors (Lipinski definition) is 3. The maximum absolute atomic E-state index is 13.6. The van der Waals surface area contributed by atoms with Crippen LogP contribution in [0.15, 0.2) is 35.7 Å². The third-order valence-corrected chi connectivity index (χ3v) is 9.09. The van der Waals surface area contributed by atoms with Gasteiger partial charge in [-0.2, -0.15) is 0 Å². The van der Waals surface area contributed by atoms with Gasteiger partial charge in [0.05, 0.1) is 14.1 Å². The van der Waals surface area contributed by atoms with Gasteiger partial charge in [-0.15, -0.1) is 0 Å². The molecular weight excluding hydrogens is 402 g/mol. The van der Waals surface area contributed by atoms with Gasteiger partial charge >= 0.3 is 6.09 Å². The molecule has 0 saturated heterocycles. The normalized spacial score (nSPS) is 27.3. The zero-order chi connectivity index (χ0) is 22.9. The molecule has 31 heavy (non-hydrogen) atoms. The molecule has 3 rings (SSSR count). The molecule has 170 valence electrons. The van der Waals surface area contributed by atoms with Crippen LogP contribution in [0.4, 0.5) is 4.79 Å².